The van der Waals surface area contributed by atoms with Gasteiger partial charge in [0, 0.05) is 5.57 Å². The lowest BCUT2D eigenvalue weighted by atomic mass is 10.2. The van der Waals surface area contributed by atoms with Crippen molar-refractivity contribution in [3.05, 3.63) is 41.7 Å². The van der Waals surface area contributed by atoms with Gasteiger partial charge in [0.1, 0.15) is 5.76 Å². The van der Waals surface area contributed by atoms with E-state index >= 15 is 0 Å². The van der Waals surface area contributed by atoms with Crippen molar-refractivity contribution in [2.75, 3.05) is 0 Å². The van der Waals surface area contributed by atoms with Crippen LogP contribution in [-0.2, 0) is 4.74 Å². The van der Waals surface area contributed by atoms with Crippen LogP contribution in [0.1, 0.15) is 13.3 Å². The number of ether oxygens (including phenoxy) is 1. The summed E-state index contributed by atoms with van der Waals surface area (Å²) in [6, 6.07) is 0. The molecule has 1 aliphatic carbocycles. The van der Waals surface area contributed by atoms with Crippen LogP contribution in [0.4, 0.5) is 0 Å². The van der Waals surface area contributed by atoms with Crippen LogP contribution in [0, 0.1) is 6.10 Å². The molecule has 0 fully saturated rings. The summed E-state index contributed by atoms with van der Waals surface area (Å²) in [6.07, 6.45) is 10.2. The maximum Gasteiger partial charge on any atom is 0.171 e. The minimum atomic E-state index is 0.981. The van der Waals surface area contributed by atoms with Gasteiger partial charge in [0.2, 0.25) is 0 Å². The van der Waals surface area contributed by atoms with Crippen molar-refractivity contribution in [3.63, 3.8) is 0 Å². The predicted molar refractivity (Wildman–Crippen MR) is 39.9 cm³/mol. The average molecular weight is 133 g/mol. The van der Waals surface area contributed by atoms with E-state index in [0.29, 0.717) is 0 Å². The van der Waals surface area contributed by atoms with Crippen LogP contribution in [0.5, 0.6) is 0 Å². The second-order valence-electron chi connectivity index (χ2n) is 2.41. The van der Waals surface area contributed by atoms with E-state index < -0.39 is 0 Å². The zero-order valence-electron chi connectivity index (χ0n) is 5.92. The molecule has 1 heterocycles. The third-order valence-electron chi connectivity index (χ3n) is 1.71. The van der Waals surface area contributed by atoms with Crippen molar-refractivity contribution in [2.24, 2.45) is 0 Å². The molecule has 2 rings (SSSR count). The molecule has 1 radical (unpaired) electrons. The van der Waals surface area contributed by atoms with Gasteiger partial charge in [-0.2, -0.15) is 0 Å². The molecule has 1 heteroatoms. The summed E-state index contributed by atoms with van der Waals surface area (Å²) in [4.78, 5) is 0. The Morgan fingerprint density at radius 3 is 3.10 bits per heavy atom. The Balaban J connectivity index is 2.25. The summed E-state index contributed by atoms with van der Waals surface area (Å²) in [5.74, 6) is 1.01. The van der Waals surface area contributed by atoms with Crippen LogP contribution in [0.2, 0.25) is 0 Å². The summed E-state index contributed by atoms with van der Waals surface area (Å²) in [5.41, 5.74) is 1.22. The van der Waals surface area contributed by atoms with Crippen molar-refractivity contribution in [3.8, 4) is 0 Å². The minimum Gasteiger partial charge on any atom is -0.478 e. The molecular weight excluding hydrogens is 124 g/mol. The molecular formula is C9H9O. The summed E-state index contributed by atoms with van der Waals surface area (Å²) in [7, 11) is 0. The fraction of sp³-hybridized carbons (Fsp3) is 0.222. The minimum absolute atomic E-state index is 0.981. The van der Waals surface area contributed by atoms with Crippen LogP contribution >= 0.6 is 0 Å². The number of hydrogen-bond donors (Lipinski definition) is 0. The quantitative estimate of drug-likeness (QED) is 0.533. The molecule has 10 heavy (non-hydrogen) atoms. The summed E-state index contributed by atoms with van der Waals surface area (Å²) in [5, 5.41) is 0. The molecule has 0 aromatic heterocycles. The molecule has 0 unspecified atom stereocenters. The van der Waals surface area contributed by atoms with Gasteiger partial charge in [0.05, 0.1) is 0 Å². The second-order valence-corrected chi connectivity index (χ2v) is 2.41. The largest absolute Gasteiger partial charge is 0.478 e. The topological polar surface area (TPSA) is 9.23 Å². The van der Waals surface area contributed by atoms with E-state index in [9.17, 15) is 0 Å². The Morgan fingerprint density at radius 1 is 1.50 bits per heavy atom. The van der Waals surface area contributed by atoms with Gasteiger partial charge in [-0.3, -0.25) is 0 Å². The molecule has 0 bridgehead atoms. The first kappa shape index (κ1) is 5.78. The fourth-order valence-electron chi connectivity index (χ4n) is 1.15. The number of fused-ring (bicyclic) bond motifs is 1. The highest BCUT2D eigenvalue weighted by Gasteiger charge is 2.21. The second kappa shape index (κ2) is 2.01. The summed E-state index contributed by atoms with van der Waals surface area (Å²) < 4.78 is 5.46. The van der Waals surface area contributed by atoms with Crippen LogP contribution < -0.4 is 0 Å². The Hall–Kier alpha value is -0.980. The molecule has 51 valence electrons. The first-order valence-electron chi connectivity index (χ1n) is 3.54. The maximum atomic E-state index is 5.46. The van der Waals surface area contributed by atoms with Crippen molar-refractivity contribution >= 4 is 0 Å². The van der Waals surface area contributed by atoms with Gasteiger partial charge in [0.25, 0.3) is 0 Å². The van der Waals surface area contributed by atoms with Crippen LogP contribution in [0.15, 0.2) is 35.6 Å². The van der Waals surface area contributed by atoms with E-state index in [4.69, 9.17) is 4.74 Å². The van der Waals surface area contributed by atoms with Gasteiger partial charge in [-0.1, -0.05) is 19.1 Å². The van der Waals surface area contributed by atoms with Gasteiger partial charge in [-0.25, -0.2) is 0 Å². The fourth-order valence-corrected chi connectivity index (χ4v) is 1.15. The molecule has 2 aliphatic rings. The highest BCUT2D eigenvalue weighted by molar-refractivity contribution is 5.50. The van der Waals surface area contributed by atoms with Gasteiger partial charge >= 0.3 is 0 Å². The van der Waals surface area contributed by atoms with E-state index in [1.165, 1.54) is 5.57 Å². The van der Waals surface area contributed by atoms with Crippen LogP contribution in [0.3, 0.4) is 0 Å². The predicted octanol–water partition coefficient (Wildman–Crippen LogP) is 2.34. The number of rotatable bonds is 1. The van der Waals surface area contributed by atoms with E-state index in [1.807, 2.05) is 12.2 Å². The van der Waals surface area contributed by atoms with E-state index in [0.717, 1.165) is 18.3 Å². The average Bonchev–Trinajstić information content (AvgIpc) is 2.42. The molecule has 0 spiro atoms. The molecule has 1 nitrogen and oxygen atoms in total. The summed E-state index contributed by atoms with van der Waals surface area (Å²) >= 11 is 0. The number of hydrogen-bond acceptors (Lipinski definition) is 1. The van der Waals surface area contributed by atoms with E-state index in [1.54, 1.807) is 0 Å². The zero-order chi connectivity index (χ0) is 6.97. The molecule has 0 N–H and O–H groups in total. The van der Waals surface area contributed by atoms with Crippen molar-refractivity contribution in [2.45, 2.75) is 13.3 Å². The highest BCUT2D eigenvalue weighted by Crippen LogP contribution is 2.33. The third kappa shape index (κ3) is 0.703. The van der Waals surface area contributed by atoms with E-state index in [2.05, 4.69) is 19.1 Å². The summed E-state index contributed by atoms with van der Waals surface area (Å²) in [6.45, 7) is 2.09. The Morgan fingerprint density at radius 2 is 2.40 bits per heavy atom. The lowest BCUT2D eigenvalue weighted by Gasteiger charge is -2.03. The standard InChI is InChI=1S/C9H9O/c1-2-8-6-7-4-3-5-9(7)10-8/h3-6H,2H2,1H3. The third-order valence-corrected chi connectivity index (χ3v) is 1.71. The van der Waals surface area contributed by atoms with Gasteiger partial charge < -0.3 is 4.74 Å². The van der Waals surface area contributed by atoms with Crippen molar-refractivity contribution in [1.29, 1.82) is 0 Å². The smallest absolute Gasteiger partial charge is 0.171 e. The van der Waals surface area contributed by atoms with E-state index in [-0.39, 0.29) is 0 Å². The molecule has 0 saturated carbocycles. The number of allylic oxidation sites excluding steroid dienone is 3. The Bertz CT molecular complexity index is 233. The van der Waals surface area contributed by atoms with Gasteiger partial charge in [0.15, 0.2) is 6.10 Å². The monoisotopic (exact) mass is 133 g/mol. The van der Waals surface area contributed by atoms with Gasteiger partial charge in [-0.05, 0) is 18.6 Å². The molecule has 0 saturated heterocycles. The molecule has 0 aromatic rings. The zero-order valence-corrected chi connectivity index (χ0v) is 5.92. The van der Waals surface area contributed by atoms with Crippen molar-refractivity contribution < 1.29 is 4.74 Å². The molecule has 0 aromatic carbocycles. The SMILES string of the molecule is CC[C]1C=C2C=CC=C2O1. The molecule has 0 amide bonds. The first-order chi connectivity index (χ1) is 4.90. The Labute approximate surface area is 60.7 Å². The maximum absolute atomic E-state index is 5.46. The molecule has 1 aliphatic heterocycles. The Kier molecular flexibility index (Phi) is 1.16. The lowest BCUT2D eigenvalue weighted by Crippen LogP contribution is -1.89. The van der Waals surface area contributed by atoms with Crippen molar-refractivity contribution in [1.82, 2.24) is 0 Å². The van der Waals surface area contributed by atoms with Crippen LogP contribution in [-0.4, -0.2) is 0 Å². The van der Waals surface area contributed by atoms with Crippen LogP contribution in [0.25, 0.3) is 0 Å². The first-order valence-corrected chi connectivity index (χ1v) is 3.54. The van der Waals surface area contributed by atoms with Gasteiger partial charge in [-0.15, -0.1) is 0 Å². The highest BCUT2D eigenvalue weighted by atomic mass is 16.5. The normalized spacial score (nSPS) is 22.1. The molecule has 0 atom stereocenters. The lowest BCUT2D eigenvalue weighted by molar-refractivity contribution is 0.267.